The van der Waals surface area contributed by atoms with Gasteiger partial charge in [-0.2, -0.15) is 9.29 Å². The first-order chi connectivity index (χ1) is 14.3. The van der Waals surface area contributed by atoms with E-state index in [0.29, 0.717) is 42.5 Å². The van der Waals surface area contributed by atoms with Crippen LogP contribution in [0.3, 0.4) is 0 Å². The highest BCUT2D eigenvalue weighted by Gasteiger charge is 2.33. The molecule has 4 rings (SSSR count). The second-order valence-corrected chi connectivity index (χ2v) is 10.1. The smallest absolute Gasteiger partial charge is 0.258 e. The Hall–Kier alpha value is -2.51. The molecule has 0 unspecified atom stereocenters. The Kier molecular flexibility index (Phi) is 5.51. The zero-order valence-corrected chi connectivity index (χ0v) is 18.7. The Morgan fingerprint density at radius 1 is 0.967 bits per heavy atom. The molecule has 2 heterocycles. The molecule has 0 aliphatic carbocycles. The van der Waals surface area contributed by atoms with E-state index in [1.54, 1.807) is 4.31 Å². The summed E-state index contributed by atoms with van der Waals surface area (Å²) in [5, 5.41) is 4.19. The summed E-state index contributed by atoms with van der Waals surface area (Å²) in [6, 6.07) is 11.8. The van der Waals surface area contributed by atoms with Gasteiger partial charge < -0.3 is 4.52 Å². The van der Waals surface area contributed by atoms with E-state index in [0.717, 1.165) is 27.8 Å². The van der Waals surface area contributed by atoms with Crippen molar-refractivity contribution >= 4 is 10.0 Å². The third-order valence-corrected chi connectivity index (χ3v) is 8.04. The highest BCUT2D eigenvalue weighted by Crippen LogP contribution is 2.33. The van der Waals surface area contributed by atoms with E-state index in [1.807, 2.05) is 64.1 Å². The molecule has 158 valence electrons. The predicted octanol–water partition coefficient (Wildman–Crippen LogP) is 4.54. The van der Waals surface area contributed by atoms with Gasteiger partial charge >= 0.3 is 0 Å². The molecule has 0 amide bonds. The van der Waals surface area contributed by atoms with Gasteiger partial charge in [0.15, 0.2) is 5.82 Å². The topological polar surface area (TPSA) is 76.3 Å². The molecule has 0 N–H and O–H groups in total. The quantitative estimate of drug-likeness (QED) is 0.613. The van der Waals surface area contributed by atoms with Gasteiger partial charge in [-0.25, -0.2) is 8.42 Å². The Bertz CT molecular complexity index is 1150. The average molecular weight is 426 g/mol. The third-order valence-electron chi connectivity index (χ3n) is 5.84. The fourth-order valence-corrected chi connectivity index (χ4v) is 6.26. The van der Waals surface area contributed by atoms with E-state index < -0.39 is 10.0 Å². The number of hydrogen-bond acceptors (Lipinski definition) is 5. The first-order valence-electron chi connectivity index (χ1n) is 10.2. The summed E-state index contributed by atoms with van der Waals surface area (Å²) in [6.45, 7) is 8.63. The first kappa shape index (κ1) is 20.8. The standard InChI is InChI=1S/C23H27N3O3S/c1-15-13-17(3)21(18(4)14-15)30(27,28)26-11-9-19(10-12-26)22-24-23(29-25-22)20-8-6-5-7-16(20)2/h5-8,13-14,19H,9-12H2,1-4H3. The van der Waals surface area contributed by atoms with Gasteiger partial charge in [-0.15, -0.1) is 0 Å². The summed E-state index contributed by atoms with van der Waals surface area (Å²) < 4.78 is 33.7. The normalized spacial score (nSPS) is 16.1. The Labute approximate surface area is 178 Å². The summed E-state index contributed by atoms with van der Waals surface area (Å²) in [7, 11) is -3.52. The number of benzene rings is 2. The number of hydrogen-bond donors (Lipinski definition) is 0. The lowest BCUT2D eigenvalue weighted by atomic mass is 9.97. The van der Waals surface area contributed by atoms with Gasteiger partial charge in [-0.05, 0) is 63.3 Å². The van der Waals surface area contributed by atoms with Crippen molar-refractivity contribution in [3.63, 3.8) is 0 Å². The van der Waals surface area contributed by atoms with E-state index in [4.69, 9.17) is 4.52 Å². The lowest BCUT2D eigenvalue weighted by molar-refractivity contribution is 0.307. The van der Waals surface area contributed by atoms with Gasteiger partial charge in [0, 0.05) is 24.6 Å². The largest absolute Gasteiger partial charge is 0.334 e. The Balaban J connectivity index is 1.50. The second kappa shape index (κ2) is 7.96. The number of piperidine rings is 1. The highest BCUT2D eigenvalue weighted by atomic mass is 32.2. The van der Waals surface area contributed by atoms with Crippen LogP contribution in [0.15, 0.2) is 45.8 Å². The van der Waals surface area contributed by atoms with Crippen molar-refractivity contribution in [2.45, 2.75) is 51.3 Å². The summed E-state index contributed by atoms with van der Waals surface area (Å²) in [4.78, 5) is 5.04. The molecule has 6 nitrogen and oxygen atoms in total. The van der Waals surface area contributed by atoms with Gasteiger partial charge in [-0.3, -0.25) is 0 Å². The average Bonchev–Trinajstić information content (AvgIpc) is 3.17. The molecule has 0 atom stereocenters. The van der Waals surface area contributed by atoms with Crippen LogP contribution in [0.5, 0.6) is 0 Å². The summed E-state index contributed by atoms with van der Waals surface area (Å²) in [5.41, 5.74) is 4.69. The summed E-state index contributed by atoms with van der Waals surface area (Å²) in [6.07, 6.45) is 1.35. The zero-order chi connectivity index (χ0) is 21.5. The molecule has 1 fully saturated rings. The first-order valence-corrected chi connectivity index (χ1v) is 11.7. The van der Waals surface area contributed by atoms with Crippen molar-refractivity contribution in [1.29, 1.82) is 0 Å². The maximum atomic E-state index is 13.3. The molecule has 1 aliphatic rings. The highest BCUT2D eigenvalue weighted by molar-refractivity contribution is 7.89. The maximum absolute atomic E-state index is 13.3. The van der Waals surface area contributed by atoms with Crippen LogP contribution >= 0.6 is 0 Å². The van der Waals surface area contributed by atoms with Crippen LogP contribution in [0.1, 0.15) is 46.8 Å². The van der Waals surface area contributed by atoms with Crippen molar-refractivity contribution in [1.82, 2.24) is 14.4 Å². The zero-order valence-electron chi connectivity index (χ0n) is 17.8. The predicted molar refractivity (Wildman–Crippen MR) is 116 cm³/mol. The van der Waals surface area contributed by atoms with E-state index in [1.165, 1.54) is 0 Å². The van der Waals surface area contributed by atoms with Crippen LogP contribution in [0.2, 0.25) is 0 Å². The molecule has 1 saturated heterocycles. The van der Waals surface area contributed by atoms with Crippen LogP contribution in [-0.4, -0.2) is 36.0 Å². The number of nitrogens with zero attached hydrogens (tertiary/aromatic N) is 3. The molecule has 1 aromatic heterocycles. The molecule has 1 aliphatic heterocycles. The molecule has 30 heavy (non-hydrogen) atoms. The second-order valence-electron chi connectivity index (χ2n) is 8.18. The fraction of sp³-hybridized carbons (Fsp3) is 0.391. The number of aromatic nitrogens is 2. The molecule has 2 aromatic carbocycles. The fourth-order valence-electron chi connectivity index (χ4n) is 4.38. The van der Waals surface area contributed by atoms with Crippen molar-refractivity contribution < 1.29 is 12.9 Å². The van der Waals surface area contributed by atoms with E-state index in [2.05, 4.69) is 10.1 Å². The summed E-state index contributed by atoms with van der Waals surface area (Å²) >= 11 is 0. The summed E-state index contributed by atoms with van der Waals surface area (Å²) in [5.74, 6) is 1.27. The van der Waals surface area contributed by atoms with Gasteiger partial charge in [0.25, 0.3) is 5.89 Å². The number of rotatable bonds is 4. The van der Waals surface area contributed by atoms with Crippen molar-refractivity contribution in [2.24, 2.45) is 0 Å². The van der Waals surface area contributed by atoms with Gasteiger partial charge in [0.05, 0.1) is 4.90 Å². The van der Waals surface area contributed by atoms with Gasteiger partial charge in [-0.1, -0.05) is 41.1 Å². The van der Waals surface area contributed by atoms with Gasteiger partial charge in [0.1, 0.15) is 0 Å². The molecule has 0 saturated carbocycles. The molecule has 7 heteroatoms. The lowest BCUT2D eigenvalue weighted by Gasteiger charge is -2.30. The van der Waals surface area contributed by atoms with Crippen LogP contribution in [0.25, 0.3) is 11.5 Å². The van der Waals surface area contributed by atoms with Crippen LogP contribution in [0.4, 0.5) is 0 Å². The Morgan fingerprint density at radius 2 is 1.60 bits per heavy atom. The van der Waals surface area contributed by atoms with E-state index in [9.17, 15) is 8.42 Å². The van der Waals surface area contributed by atoms with Crippen molar-refractivity contribution in [3.8, 4) is 11.5 Å². The minimum absolute atomic E-state index is 0.0955. The van der Waals surface area contributed by atoms with Crippen LogP contribution in [-0.2, 0) is 10.0 Å². The monoisotopic (exact) mass is 425 g/mol. The van der Waals surface area contributed by atoms with Gasteiger partial charge in [0.2, 0.25) is 10.0 Å². The molecule has 3 aromatic rings. The minimum Gasteiger partial charge on any atom is -0.334 e. The van der Waals surface area contributed by atoms with Crippen molar-refractivity contribution in [3.05, 3.63) is 64.5 Å². The lowest BCUT2D eigenvalue weighted by Crippen LogP contribution is -2.38. The maximum Gasteiger partial charge on any atom is 0.258 e. The molecule has 0 spiro atoms. The minimum atomic E-state index is -3.52. The van der Waals surface area contributed by atoms with Crippen LogP contribution < -0.4 is 0 Å². The number of sulfonamides is 1. The molecular weight excluding hydrogens is 398 g/mol. The van der Waals surface area contributed by atoms with E-state index >= 15 is 0 Å². The van der Waals surface area contributed by atoms with Crippen molar-refractivity contribution in [2.75, 3.05) is 13.1 Å². The molecule has 0 bridgehead atoms. The van der Waals surface area contributed by atoms with Crippen LogP contribution in [0, 0.1) is 27.7 Å². The molecular formula is C23H27N3O3S. The SMILES string of the molecule is Cc1cc(C)c(S(=O)(=O)N2CCC(c3noc(-c4ccccc4C)n3)CC2)c(C)c1. The Morgan fingerprint density at radius 3 is 2.23 bits per heavy atom. The third kappa shape index (κ3) is 3.79. The molecule has 0 radical (unpaired) electrons. The van der Waals surface area contributed by atoms with E-state index in [-0.39, 0.29) is 5.92 Å². The number of aryl methyl sites for hydroxylation is 4.